The molecule has 1 aliphatic rings. The number of rotatable bonds is 1. The van der Waals surface area contributed by atoms with Gasteiger partial charge in [0.25, 0.3) is 0 Å². The van der Waals surface area contributed by atoms with Crippen molar-refractivity contribution in [2.24, 2.45) is 0 Å². The van der Waals surface area contributed by atoms with Crippen LogP contribution in [0, 0.1) is 6.92 Å². The van der Waals surface area contributed by atoms with Crippen molar-refractivity contribution in [1.29, 1.82) is 0 Å². The van der Waals surface area contributed by atoms with E-state index in [-0.39, 0.29) is 5.91 Å². The fourth-order valence-electron chi connectivity index (χ4n) is 2.09. The third-order valence-electron chi connectivity index (χ3n) is 3.02. The number of amides is 1. The van der Waals surface area contributed by atoms with Crippen molar-refractivity contribution in [3.05, 3.63) is 35.9 Å². The monoisotopic (exact) mass is 227 g/mol. The van der Waals surface area contributed by atoms with Gasteiger partial charge in [0.2, 0.25) is 5.91 Å². The zero-order valence-corrected chi connectivity index (χ0v) is 9.60. The van der Waals surface area contributed by atoms with Gasteiger partial charge in [0.15, 0.2) is 0 Å². The first-order chi connectivity index (χ1) is 8.24. The first-order valence-electron chi connectivity index (χ1n) is 5.68. The molecule has 0 radical (unpaired) electrons. The Bertz CT molecular complexity index is 586. The highest BCUT2D eigenvalue weighted by molar-refractivity contribution is 5.91. The number of carbonyl (C=O) groups is 1. The minimum absolute atomic E-state index is 0.0636. The van der Waals surface area contributed by atoms with Gasteiger partial charge in [0.05, 0.1) is 12.2 Å². The minimum Gasteiger partial charge on any atom is -0.311 e. The quantitative estimate of drug-likeness (QED) is 0.811. The zero-order valence-electron chi connectivity index (χ0n) is 9.60. The van der Waals surface area contributed by atoms with Gasteiger partial charge in [0.1, 0.15) is 5.82 Å². The number of carbonyl (C=O) groups excluding carboxylic acids is 1. The fourth-order valence-corrected chi connectivity index (χ4v) is 2.09. The molecule has 4 heteroatoms. The molecule has 1 N–H and O–H groups in total. The van der Waals surface area contributed by atoms with Crippen molar-refractivity contribution >= 4 is 11.7 Å². The minimum atomic E-state index is 0.0636. The standard InChI is InChI=1S/C13H13N3O/c1-9-4-2-3-5-10(9)11-8-12-14-13(17)6-7-16(12)15-11/h2-5,8H,6-7H2,1H3,(H,14,17). The first kappa shape index (κ1) is 10.1. The lowest BCUT2D eigenvalue weighted by Crippen LogP contribution is -2.23. The van der Waals surface area contributed by atoms with Crippen molar-refractivity contribution in [2.75, 3.05) is 5.32 Å². The zero-order chi connectivity index (χ0) is 11.8. The van der Waals surface area contributed by atoms with Gasteiger partial charge in [-0.3, -0.25) is 4.79 Å². The molecule has 0 aliphatic carbocycles. The van der Waals surface area contributed by atoms with E-state index in [9.17, 15) is 4.79 Å². The number of nitrogens with zero attached hydrogens (tertiary/aromatic N) is 2. The topological polar surface area (TPSA) is 46.9 Å². The molecule has 1 amide bonds. The molecule has 0 fully saturated rings. The molecule has 0 unspecified atom stereocenters. The summed E-state index contributed by atoms with van der Waals surface area (Å²) in [6.07, 6.45) is 0.502. The molecule has 1 aromatic carbocycles. The number of hydrogen-bond donors (Lipinski definition) is 1. The second-order valence-electron chi connectivity index (χ2n) is 4.25. The van der Waals surface area contributed by atoms with Gasteiger partial charge in [-0.05, 0) is 12.5 Å². The molecule has 1 aromatic heterocycles. The van der Waals surface area contributed by atoms with Gasteiger partial charge in [-0.25, -0.2) is 4.68 Å². The van der Waals surface area contributed by atoms with Crippen LogP contribution in [-0.2, 0) is 11.3 Å². The average Bonchev–Trinajstić information content (AvgIpc) is 2.72. The van der Waals surface area contributed by atoms with Gasteiger partial charge in [-0.15, -0.1) is 0 Å². The highest BCUT2D eigenvalue weighted by Gasteiger charge is 2.17. The number of fused-ring (bicyclic) bond motifs is 1. The molecule has 0 saturated carbocycles. The Morgan fingerprint density at radius 2 is 2.18 bits per heavy atom. The third kappa shape index (κ3) is 1.71. The van der Waals surface area contributed by atoms with Crippen LogP contribution in [0.4, 0.5) is 5.82 Å². The van der Waals surface area contributed by atoms with Crippen molar-refractivity contribution in [3.8, 4) is 11.3 Å². The van der Waals surface area contributed by atoms with Crippen LogP contribution in [0.25, 0.3) is 11.3 Å². The van der Waals surface area contributed by atoms with E-state index in [1.165, 1.54) is 5.56 Å². The average molecular weight is 227 g/mol. The summed E-state index contributed by atoms with van der Waals surface area (Å²) in [4.78, 5) is 11.3. The summed E-state index contributed by atoms with van der Waals surface area (Å²) in [5.41, 5.74) is 3.22. The Labute approximate surface area is 99.3 Å². The van der Waals surface area contributed by atoms with Crippen LogP contribution < -0.4 is 5.32 Å². The highest BCUT2D eigenvalue weighted by atomic mass is 16.1. The Balaban J connectivity index is 2.06. The Kier molecular flexibility index (Phi) is 2.21. The predicted molar refractivity (Wildman–Crippen MR) is 65.6 cm³/mol. The second-order valence-corrected chi connectivity index (χ2v) is 4.25. The van der Waals surface area contributed by atoms with Crippen molar-refractivity contribution in [2.45, 2.75) is 19.9 Å². The van der Waals surface area contributed by atoms with Crippen LogP contribution in [-0.4, -0.2) is 15.7 Å². The molecular weight excluding hydrogens is 214 g/mol. The summed E-state index contributed by atoms with van der Waals surface area (Å²) in [6, 6.07) is 10.0. The number of aryl methyl sites for hydroxylation is 2. The van der Waals surface area contributed by atoms with E-state index < -0.39 is 0 Å². The molecule has 2 heterocycles. The molecule has 0 atom stereocenters. The lowest BCUT2D eigenvalue weighted by atomic mass is 10.1. The molecule has 0 bridgehead atoms. The summed E-state index contributed by atoms with van der Waals surface area (Å²) in [5, 5.41) is 7.35. The molecular formula is C13H13N3O. The first-order valence-corrected chi connectivity index (χ1v) is 5.68. The molecule has 1 aliphatic heterocycles. The summed E-state index contributed by atoms with van der Waals surface area (Å²) in [5.74, 6) is 0.855. The van der Waals surface area contributed by atoms with Crippen molar-refractivity contribution in [1.82, 2.24) is 9.78 Å². The number of aromatic nitrogens is 2. The van der Waals surface area contributed by atoms with E-state index in [2.05, 4.69) is 23.4 Å². The van der Waals surface area contributed by atoms with Gasteiger partial charge < -0.3 is 5.32 Å². The summed E-state index contributed by atoms with van der Waals surface area (Å²) in [7, 11) is 0. The van der Waals surface area contributed by atoms with Gasteiger partial charge in [-0.1, -0.05) is 24.3 Å². The van der Waals surface area contributed by atoms with Crippen molar-refractivity contribution < 1.29 is 4.79 Å². The van der Waals surface area contributed by atoms with Crippen LogP contribution in [0.3, 0.4) is 0 Å². The summed E-state index contributed by atoms with van der Waals surface area (Å²) >= 11 is 0. The van der Waals surface area contributed by atoms with E-state index in [1.807, 2.05) is 28.9 Å². The van der Waals surface area contributed by atoms with E-state index in [1.54, 1.807) is 0 Å². The van der Waals surface area contributed by atoms with E-state index in [0.717, 1.165) is 17.1 Å². The Hall–Kier alpha value is -2.10. The number of nitrogens with one attached hydrogen (secondary N) is 1. The predicted octanol–water partition coefficient (Wildman–Crippen LogP) is 2.20. The fraction of sp³-hybridized carbons (Fsp3) is 0.231. The second kappa shape index (κ2) is 3.73. The summed E-state index contributed by atoms with van der Waals surface area (Å²) < 4.78 is 1.85. The maximum Gasteiger partial charge on any atom is 0.227 e. The van der Waals surface area contributed by atoms with Crippen LogP contribution in [0.15, 0.2) is 30.3 Å². The van der Waals surface area contributed by atoms with Crippen molar-refractivity contribution in [3.63, 3.8) is 0 Å². The lowest BCUT2D eigenvalue weighted by molar-refractivity contribution is -0.116. The number of anilines is 1. The maximum absolute atomic E-state index is 11.3. The molecule has 2 aromatic rings. The Morgan fingerprint density at radius 3 is 3.00 bits per heavy atom. The van der Waals surface area contributed by atoms with Crippen LogP contribution in [0.5, 0.6) is 0 Å². The van der Waals surface area contributed by atoms with E-state index in [4.69, 9.17) is 0 Å². The van der Waals surface area contributed by atoms with E-state index in [0.29, 0.717) is 13.0 Å². The molecule has 86 valence electrons. The smallest absolute Gasteiger partial charge is 0.227 e. The van der Waals surface area contributed by atoms with Crippen LogP contribution in [0.1, 0.15) is 12.0 Å². The van der Waals surface area contributed by atoms with Crippen LogP contribution in [0.2, 0.25) is 0 Å². The maximum atomic E-state index is 11.3. The molecule has 3 rings (SSSR count). The largest absolute Gasteiger partial charge is 0.311 e. The molecule has 0 saturated heterocycles. The number of hydrogen-bond acceptors (Lipinski definition) is 2. The highest BCUT2D eigenvalue weighted by Crippen LogP contribution is 2.26. The van der Waals surface area contributed by atoms with Gasteiger partial charge in [-0.2, -0.15) is 5.10 Å². The van der Waals surface area contributed by atoms with E-state index >= 15 is 0 Å². The lowest BCUT2D eigenvalue weighted by Gasteiger charge is -2.13. The number of benzene rings is 1. The van der Waals surface area contributed by atoms with Gasteiger partial charge in [0, 0.05) is 18.1 Å². The normalized spacial score (nSPS) is 14.3. The van der Waals surface area contributed by atoms with Crippen LogP contribution >= 0.6 is 0 Å². The molecule has 4 nitrogen and oxygen atoms in total. The SMILES string of the molecule is Cc1ccccc1-c1cc2n(n1)CCC(=O)N2. The molecule has 0 spiro atoms. The Morgan fingerprint density at radius 1 is 1.35 bits per heavy atom. The van der Waals surface area contributed by atoms with Gasteiger partial charge >= 0.3 is 0 Å². The third-order valence-corrected chi connectivity index (χ3v) is 3.02. The summed E-state index contributed by atoms with van der Waals surface area (Å²) in [6.45, 7) is 2.72. The molecule has 17 heavy (non-hydrogen) atoms.